The lowest BCUT2D eigenvalue weighted by atomic mass is 9.84. The largest absolute Gasteiger partial charge is 0.455 e. The van der Waals surface area contributed by atoms with E-state index in [9.17, 15) is 5.48 Å². The smallest absolute Gasteiger partial charge is 0.143 e. The topological polar surface area (TPSA) is 13.1 Å². The summed E-state index contributed by atoms with van der Waals surface area (Å²) >= 11 is 0. The van der Waals surface area contributed by atoms with E-state index in [-0.39, 0.29) is 55.1 Å². The van der Waals surface area contributed by atoms with Crippen LogP contribution in [0.2, 0.25) is 0 Å². The summed E-state index contributed by atoms with van der Waals surface area (Å²) in [4.78, 5) is 0. The van der Waals surface area contributed by atoms with Crippen LogP contribution in [0.4, 0.5) is 0 Å². The molecule has 1 aromatic heterocycles. The highest BCUT2D eigenvalue weighted by atomic mass is 16.3. The molecule has 0 saturated heterocycles. The molecule has 0 aliphatic rings. The van der Waals surface area contributed by atoms with Crippen LogP contribution in [0.1, 0.15) is 17.8 Å². The summed E-state index contributed by atoms with van der Waals surface area (Å²) in [5, 5.41) is 0.579. The Morgan fingerprint density at radius 1 is 0.362 bits per heavy atom. The van der Waals surface area contributed by atoms with Gasteiger partial charge in [-0.05, 0) is 55.4 Å². The Morgan fingerprint density at radius 3 is 1.55 bits per heavy atom. The van der Waals surface area contributed by atoms with Gasteiger partial charge in [-0.3, -0.25) is 0 Å². The van der Waals surface area contributed by atoms with Gasteiger partial charge in [-0.15, -0.1) is 0 Å². The first-order chi connectivity index (χ1) is 28.7. The van der Waals surface area contributed by atoms with Crippen LogP contribution in [0, 0.1) is 0 Å². The lowest BCUT2D eigenvalue weighted by molar-refractivity contribution is 0.633. The van der Waals surface area contributed by atoms with Crippen molar-refractivity contribution in [2.45, 2.75) is 0 Å². The summed E-state index contributed by atoms with van der Waals surface area (Å²) in [6.07, 6.45) is 0. The molecule has 0 amide bonds. The van der Waals surface area contributed by atoms with Crippen molar-refractivity contribution in [3.05, 3.63) is 182 Å². The van der Waals surface area contributed by atoms with Crippen molar-refractivity contribution >= 4 is 32.5 Å². The quantitative estimate of drug-likeness (QED) is 0.176. The minimum Gasteiger partial charge on any atom is -0.455 e. The Kier molecular flexibility index (Phi) is 4.08. The predicted molar refractivity (Wildman–Crippen MR) is 198 cm³/mol. The molecule has 1 heteroatoms. The summed E-state index contributed by atoms with van der Waals surface area (Å²) in [5.41, 5.74) is 3.47. The number of rotatable bonds is 5. The molecule has 0 unspecified atom stereocenters. The maximum absolute atomic E-state index is 9.53. The lowest BCUT2D eigenvalue weighted by Gasteiger charge is -2.18. The van der Waals surface area contributed by atoms with E-state index in [0.29, 0.717) is 27.7 Å². The van der Waals surface area contributed by atoms with Gasteiger partial charge in [-0.2, -0.15) is 0 Å². The van der Waals surface area contributed by atoms with Gasteiger partial charge in [0.15, 0.2) is 0 Å². The van der Waals surface area contributed by atoms with Gasteiger partial charge in [0.2, 0.25) is 0 Å². The molecule has 0 radical (unpaired) electrons. The second kappa shape index (κ2) is 11.3. The first-order valence-corrected chi connectivity index (χ1v) is 15.0. The van der Waals surface area contributed by atoms with E-state index >= 15 is 0 Å². The molecule has 9 rings (SSSR count). The molecule has 0 atom stereocenters. The summed E-state index contributed by atoms with van der Waals surface area (Å²) in [5.74, 6) is 0.150. The fraction of sp³-hybridized carbons (Fsp3) is 0. The molecule has 1 heterocycles. The third-order valence-electron chi connectivity index (χ3n) is 8.40. The summed E-state index contributed by atoms with van der Waals surface area (Å²) in [6, 6.07) is 24.0. The average molecular weight is 612 g/mol. The van der Waals surface area contributed by atoms with Crippen LogP contribution >= 0.6 is 0 Å². The molecule has 0 aliphatic carbocycles. The monoisotopic (exact) mass is 611 g/mol. The van der Waals surface area contributed by atoms with E-state index in [1.807, 2.05) is 42.5 Å². The van der Waals surface area contributed by atoms with Crippen molar-refractivity contribution in [2.24, 2.45) is 0 Å². The second-order valence-electron chi connectivity index (χ2n) is 11.1. The van der Waals surface area contributed by atoms with Crippen LogP contribution in [0.5, 0.6) is 0 Å². The van der Waals surface area contributed by atoms with Gasteiger partial charge in [0, 0.05) is 27.6 Å². The summed E-state index contributed by atoms with van der Waals surface area (Å²) in [7, 11) is 0. The normalized spacial score (nSPS) is 15.3. The Bertz CT molecular complexity index is 3180. The lowest BCUT2D eigenvalue weighted by Crippen LogP contribution is -1.91. The highest BCUT2D eigenvalue weighted by Gasteiger charge is 2.25. The van der Waals surface area contributed by atoms with E-state index in [0.717, 1.165) is 5.56 Å². The van der Waals surface area contributed by atoms with Gasteiger partial charge in [0.25, 0.3) is 0 Å². The fourth-order valence-electron chi connectivity index (χ4n) is 6.39. The van der Waals surface area contributed by atoms with Gasteiger partial charge < -0.3 is 4.42 Å². The van der Waals surface area contributed by atoms with Crippen molar-refractivity contribution in [1.29, 1.82) is 0 Å². The molecular formula is C46H30O. The molecule has 0 spiro atoms. The highest BCUT2D eigenvalue weighted by Crippen LogP contribution is 2.50. The molecular weight excluding hydrogens is 569 g/mol. The van der Waals surface area contributed by atoms with E-state index in [1.165, 1.54) is 0 Å². The molecule has 0 bridgehead atoms. The minimum absolute atomic E-state index is 0.00761. The zero-order valence-electron chi connectivity index (χ0n) is 37.7. The third kappa shape index (κ3) is 4.56. The molecule has 1 nitrogen and oxygen atoms in total. The molecule has 47 heavy (non-hydrogen) atoms. The van der Waals surface area contributed by atoms with Crippen molar-refractivity contribution in [3.63, 3.8) is 0 Å². The number of benzene rings is 8. The second-order valence-corrected chi connectivity index (χ2v) is 11.1. The Balaban J connectivity index is 1.54. The number of hydrogen-bond acceptors (Lipinski definition) is 1. The molecule has 0 fully saturated rings. The third-order valence-corrected chi connectivity index (χ3v) is 8.40. The number of para-hydroxylation sites is 1. The van der Waals surface area contributed by atoms with Gasteiger partial charge in [0.05, 0.1) is 17.8 Å². The maximum atomic E-state index is 9.53. The van der Waals surface area contributed by atoms with E-state index < -0.39 is 78.6 Å². The molecule has 220 valence electrons. The first-order valence-electron chi connectivity index (χ1n) is 21.5. The van der Waals surface area contributed by atoms with Crippen molar-refractivity contribution in [1.82, 2.24) is 0 Å². The molecule has 0 saturated carbocycles. The van der Waals surface area contributed by atoms with Gasteiger partial charge in [0.1, 0.15) is 11.3 Å². The van der Waals surface area contributed by atoms with Crippen molar-refractivity contribution in [3.8, 4) is 55.8 Å². The van der Waals surface area contributed by atoms with E-state index in [2.05, 4.69) is 0 Å². The molecule has 0 N–H and O–H groups in total. The number of furan rings is 1. The Labute approximate surface area is 292 Å². The van der Waals surface area contributed by atoms with Gasteiger partial charge in [-0.25, -0.2) is 0 Å². The number of fused-ring (bicyclic) bond motifs is 3. The van der Waals surface area contributed by atoms with Crippen LogP contribution in [0.15, 0.2) is 186 Å². The van der Waals surface area contributed by atoms with Crippen LogP contribution in [-0.2, 0) is 0 Å². The average Bonchev–Trinajstić information content (AvgIpc) is 3.66. The summed E-state index contributed by atoms with van der Waals surface area (Å²) < 4.78 is 123. The number of hydrogen-bond donors (Lipinski definition) is 0. The fourth-order valence-corrected chi connectivity index (χ4v) is 6.39. The minimum atomic E-state index is -0.546. The highest BCUT2D eigenvalue weighted by molar-refractivity contribution is 6.25. The van der Waals surface area contributed by atoms with E-state index in [4.69, 9.17) is 16.8 Å². The zero-order chi connectivity index (χ0) is 42.5. The standard InChI is InChI=1S/C46H30O/c1-4-16-31(17-5-1)34-22-14-23-35(30-34)45-44(41-29-15-28-36(46(41)47-45)32-18-6-2-7-19-32)43-39-26-12-10-24-37(39)42(33-20-8-3-9-21-33)38-25-11-13-27-40(38)43/h1-30H/i1D,4D,5D,10D,11D,12D,13D,16D,17D,24D,25D,26D,27D. The van der Waals surface area contributed by atoms with Crippen molar-refractivity contribution < 1.29 is 22.2 Å². The Morgan fingerprint density at radius 2 is 0.894 bits per heavy atom. The van der Waals surface area contributed by atoms with Crippen molar-refractivity contribution in [2.75, 3.05) is 0 Å². The SMILES string of the molecule is [2H]c1c([2H])c([2H])c(-c2cccc(-c3oc4c(-c5ccccc5)cccc4c3-c3c4c([2H])c([2H])c([2H])c([2H])c4c(-c4ccccc4)c4c([2H])c([2H])c([2H])c([2H])c34)c2)c([2H])c1[2H]. The van der Waals surface area contributed by atoms with E-state index in [1.54, 1.807) is 60.7 Å². The first kappa shape index (κ1) is 16.9. The van der Waals surface area contributed by atoms with Crippen LogP contribution in [0.3, 0.4) is 0 Å². The Hall–Kier alpha value is -6.18. The van der Waals surface area contributed by atoms with Crippen LogP contribution in [-0.4, -0.2) is 0 Å². The molecule has 9 aromatic rings. The van der Waals surface area contributed by atoms with Gasteiger partial charge >= 0.3 is 0 Å². The van der Waals surface area contributed by atoms with Crippen LogP contribution in [0.25, 0.3) is 88.3 Å². The zero-order valence-corrected chi connectivity index (χ0v) is 24.7. The van der Waals surface area contributed by atoms with Gasteiger partial charge in [-0.1, -0.05) is 176 Å². The summed E-state index contributed by atoms with van der Waals surface area (Å²) in [6.45, 7) is 0. The molecule has 0 aliphatic heterocycles. The predicted octanol–water partition coefficient (Wildman–Crippen LogP) is 13.1. The van der Waals surface area contributed by atoms with Crippen LogP contribution < -0.4 is 0 Å². The molecule has 8 aromatic carbocycles. The maximum Gasteiger partial charge on any atom is 0.143 e.